The molecule has 0 aliphatic carbocycles. The second-order valence-electron chi connectivity index (χ2n) is 3.65. The molecule has 1 heterocycles. The number of anilines is 1. The largest absolute Gasteiger partial charge is 0.497 e. The summed E-state index contributed by atoms with van der Waals surface area (Å²) in [4.78, 5) is 11.3. The van der Waals surface area contributed by atoms with Crippen molar-refractivity contribution in [2.75, 3.05) is 12.8 Å². The Kier molecular flexibility index (Phi) is 2.82. The van der Waals surface area contributed by atoms with Gasteiger partial charge in [-0.1, -0.05) is 6.07 Å². The normalized spacial score (nSPS) is 10.2. The molecule has 2 rings (SSSR count). The minimum atomic E-state index is -0.262. The van der Waals surface area contributed by atoms with Crippen LogP contribution in [0.25, 0.3) is 5.69 Å². The summed E-state index contributed by atoms with van der Waals surface area (Å²) in [6.07, 6.45) is 0. The number of rotatable bonds is 2. The lowest BCUT2D eigenvalue weighted by atomic mass is 10.3. The van der Waals surface area contributed by atoms with Crippen molar-refractivity contribution in [2.24, 2.45) is 0 Å². The Labute approximate surface area is 98.5 Å². The van der Waals surface area contributed by atoms with Gasteiger partial charge < -0.3 is 10.5 Å². The van der Waals surface area contributed by atoms with Gasteiger partial charge in [0.2, 0.25) is 5.43 Å². The molecule has 2 N–H and O–H groups in total. The van der Waals surface area contributed by atoms with Crippen LogP contribution in [0.3, 0.4) is 0 Å². The second kappa shape index (κ2) is 4.29. The van der Waals surface area contributed by atoms with E-state index in [1.807, 2.05) is 24.3 Å². The molecule has 2 aromatic rings. The van der Waals surface area contributed by atoms with Crippen molar-refractivity contribution in [3.05, 3.63) is 46.2 Å². The maximum atomic E-state index is 11.3. The van der Waals surface area contributed by atoms with Crippen LogP contribution in [-0.2, 0) is 0 Å². The van der Waals surface area contributed by atoms with E-state index < -0.39 is 0 Å². The van der Waals surface area contributed by atoms with Crippen molar-refractivity contribution >= 4 is 5.82 Å². The van der Waals surface area contributed by atoms with Gasteiger partial charge in [0.1, 0.15) is 5.75 Å². The van der Waals surface area contributed by atoms with Crippen LogP contribution in [-0.4, -0.2) is 16.9 Å². The van der Waals surface area contributed by atoms with E-state index in [0.717, 1.165) is 17.1 Å². The molecule has 17 heavy (non-hydrogen) atoms. The van der Waals surface area contributed by atoms with Crippen molar-refractivity contribution in [1.29, 1.82) is 0 Å². The molecule has 0 saturated heterocycles. The van der Waals surface area contributed by atoms with Crippen molar-refractivity contribution in [1.82, 2.24) is 9.78 Å². The Balaban J connectivity index is 2.59. The smallest absolute Gasteiger partial charge is 0.224 e. The summed E-state index contributed by atoms with van der Waals surface area (Å²) in [5.41, 5.74) is 6.78. The molecule has 0 unspecified atom stereocenters. The highest BCUT2D eigenvalue weighted by Crippen LogP contribution is 2.16. The molecule has 5 nitrogen and oxygen atoms in total. The number of nitrogens with zero attached hydrogens (tertiary/aromatic N) is 2. The van der Waals surface area contributed by atoms with Gasteiger partial charge >= 0.3 is 0 Å². The number of aromatic nitrogens is 2. The fraction of sp³-hybridized carbons (Fsp3) is 0.167. The molecule has 0 spiro atoms. The van der Waals surface area contributed by atoms with Crippen LogP contribution in [0.1, 0.15) is 5.69 Å². The molecule has 0 bridgehead atoms. The predicted molar refractivity (Wildman–Crippen MR) is 65.5 cm³/mol. The monoisotopic (exact) mass is 231 g/mol. The van der Waals surface area contributed by atoms with Gasteiger partial charge in [-0.05, 0) is 19.1 Å². The number of hydrogen-bond donors (Lipinski definition) is 1. The lowest BCUT2D eigenvalue weighted by molar-refractivity contribution is 0.414. The first-order chi connectivity index (χ1) is 8.11. The first-order valence-electron chi connectivity index (χ1n) is 5.12. The van der Waals surface area contributed by atoms with Gasteiger partial charge in [0.15, 0.2) is 5.82 Å². The number of ether oxygens (including phenoxy) is 1. The Morgan fingerprint density at radius 2 is 2.12 bits per heavy atom. The third kappa shape index (κ3) is 2.13. The third-order valence-corrected chi connectivity index (χ3v) is 2.43. The number of aryl methyl sites for hydroxylation is 1. The minimum Gasteiger partial charge on any atom is -0.497 e. The SMILES string of the molecule is COc1cccc(-n2nc(N)c(=O)cc2C)c1. The van der Waals surface area contributed by atoms with Gasteiger partial charge in [-0.25, -0.2) is 4.68 Å². The summed E-state index contributed by atoms with van der Waals surface area (Å²) < 4.78 is 6.75. The fourth-order valence-electron chi connectivity index (χ4n) is 1.56. The molecule has 1 aromatic carbocycles. The molecule has 0 atom stereocenters. The van der Waals surface area contributed by atoms with Crippen molar-refractivity contribution in [3.63, 3.8) is 0 Å². The molecular weight excluding hydrogens is 218 g/mol. The number of nitrogen functional groups attached to an aromatic ring is 1. The van der Waals surface area contributed by atoms with Gasteiger partial charge in [0.25, 0.3) is 0 Å². The van der Waals surface area contributed by atoms with Crippen LogP contribution in [0, 0.1) is 6.92 Å². The molecule has 0 aliphatic rings. The van der Waals surface area contributed by atoms with Gasteiger partial charge in [-0.3, -0.25) is 4.79 Å². The van der Waals surface area contributed by atoms with Crippen LogP contribution in [0.4, 0.5) is 5.82 Å². The summed E-state index contributed by atoms with van der Waals surface area (Å²) in [5, 5.41) is 4.04. The van der Waals surface area contributed by atoms with Gasteiger partial charge in [-0.2, -0.15) is 0 Å². The van der Waals surface area contributed by atoms with E-state index in [4.69, 9.17) is 10.5 Å². The first-order valence-corrected chi connectivity index (χ1v) is 5.12. The van der Waals surface area contributed by atoms with Crippen molar-refractivity contribution in [3.8, 4) is 11.4 Å². The zero-order valence-electron chi connectivity index (χ0n) is 9.68. The number of nitrogens with two attached hydrogens (primary N) is 1. The topological polar surface area (TPSA) is 70.1 Å². The lowest BCUT2D eigenvalue weighted by Crippen LogP contribution is -2.17. The van der Waals surface area contributed by atoms with E-state index in [9.17, 15) is 4.79 Å². The van der Waals surface area contributed by atoms with Crippen LogP contribution >= 0.6 is 0 Å². The van der Waals surface area contributed by atoms with E-state index in [0.29, 0.717) is 0 Å². The van der Waals surface area contributed by atoms with E-state index in [1.54, 1.807) is 18.7 Å². The van der Waals surface area contributed by atoms with Gasteiger partial charge in [-0.15, -0.1) is 5.10 Å². The number of benzene rings is 1. The van der Waals surface area contributed by atoms with Crippen LogP contribution in [0.2, 0.25) is 0 Å². The van der Waals surface area contributed by atoms with Gasteiger partial charge in [0, 0.05) is 17.8 Å². The van der Waals surface area contributed by atoms with Crippen molar-refractivity contribution in [2.45, 2.75) is 6.92 Å². The summed E-state index contributed by atoms with van der Waals surface area (Å²) in [7, 11) is 1.60. The number of hydrogen-bond acceptors (Lipinski definition) is 4. The van der Waals surface area contributed by atoms with Crippen LogP contribution < -0.4 is 15.9 Å². The van der Waals surface area contributed by atoms with E-state index in [-0.39, 0.29) is 11.2 Å². The third-order valence-electron chi connectivity index (χ3n) is 2.43. The van der Waals surface area contributed by atoms with E-state index >= 15 is 0 Å². The highest BCUT2D eigenvalue weighted by Gasteiger charge is 2.05. The maximum absolute atomic E-state index is 11.3. The van der Waals surface area contributed by atoms with Crippen molar-refractivity contribution < 1.29 is 4.74 Å². The summed E-state index contributed by atoms with van der Waals surface area (Å²) in [5.74, 6) is 0.708. The number of methoxy groups -OCH3 is 1. The molecule has 0 amide bonds. The van der Waals surface area contributed by atoms with E-state index in [1.165, 1.54) is 6.07 Å². The summed E-state index contributed by atoms with van der Waals surface area (Å²) in [6.45, 7) is 1.80. The maximum Gasteiger partial charge on any atom is 0.224 e. The zero-order chi connectivity index (χ0) is 12.4. The molecule has 0 radical (unpaired) electrons. The zero-order valence-corrected chi connectivity index (χ0v) is 9.68. The standard InChI is InChI=1S/C12H13N3O2/c1-8-6-11(16)12(13)14-15(8)9-4-3-5-10(7-9)17-2/h3-7H,1-2H3,(H2,13,14). The first kappa shape index (κ1) is 11.2. The Hall–Kier alpha value is -2.30. The molecule has 1 aromatic heterocycles. The Bertz CT molecular complexity index is 605. The lowest BCUT2D eigenvalue weighted by Gasteiger charge is -2.10. The quantitative estimate of drug-likeness (QED) is 0.841. The van der Waals surface area contributed by atoms with Crippen LogP contribution in [0.5, 0.6) is 5.75 Å². The molecule has 0 saturated carbocycles. The van der Waals surface area contributed by atoms with Crippen LogP contribution in [0.15, 0.2) is 35.1 Å². The second-order valence-corrected chi connectivity index (χ2v) is 3.65. The van der Waals surface area contributed by atoms with Gasteiger partial charge in [0.05, 0.1) is 12.8 Å². The highest BCUT2D eigenvalue weighted by atomic mass is 16.5. The minimum absolute atomic E-state index is 0.0154. The fourth-order valence-corrected chi connectivity index (χ4v) is 1.56. The molecule has 88 valence electrons. The Morgan fingerprint density at radius 1 is 1.35 bits per heavy atom. The summed E-state index contributed by atoms with van der Waals surface area (Å²) >= 11 is 0. The average Bonchev–Trinajstić information content (AvgIpc) is 2.34. The molecular formula is C12H13N3O2. The predicted octanol–water partition coefficient (Wildman–Crippen LogP) is 1.13. The average molecular weight is 231 g/mol. The van der Waals surface area contributed by atoms with E-state index in [2.05, 4.69) is 5.10 Å². The molecule has 0 fully saturated rings. The molecule has 0 aliphatic heterocycles. The highest BCUT2D eigenvalue weighted by molar-refractivity contribution is 5.41. The molecule has 5 heteroatoms. The Morgan fingerprint density at radius 3 is 2.82 bits per heavy atom. The summed E-state index contributed by atoms with van der Waals surface area (Å²) in [6, 6.07) is 8.84.